The fourth-order valence-corrected chi connectivity index (χ4v) is 2.57. The van der Waals surface area contributed by atoms with Crippen molar-refractivity contribution in [1.82, 2.24) is 5.32 Å². The van der Waals surface area contributed by atoms with Gasteiger partial charge in [0.2, 0.25) is 5.91 Å². The Kier molecular flexibility index (Phi) is 5.00. The lowest BCUT2D eigenvalue weighted by Crippen LogP contribution is -2.37. The summed E-state index contributed by atoms with van der Waals surface area (Å²) >= 11 is 0. The Morgan fingerprint density at radius 1 is 1.40 bits per heavy atom. The molecule has 1 fully saturated rings. The largest absolute Gasteiger partial charge is 0.497 e. The maximum Gasteiger partial charge on any atom is 0.237 e. The minimum absolute atomic E-state index is 0.143. The highest BCUT2D eigenvalue weighted by Crippen LogP contribution is 2.19. The van der Waals surface area contributed by atoms with Crippen LogP contribution in [0.5, 0.6) is 5.75 Å². The lowest BCUT2D eigenvalue weighted by molar-refractivity contribution is -0.124. The number of benzene rings is 1. The minimum atomic E-state index is -0.621. The van der Waals surface area contributed by atoms with Gasteiger partial charge in [0.1, 0.15) is 11.7 Å². The summed E-state index contributed by atoms with van der Waals surface area (Å²) in [7, 11) is 1.61. The summed E-state index contributed by atoms with van der Waals surface area (Å²) in [5.74, 6) is 0.0110. The van der Waals surface area contributed by atoms with E-state index in [0.29, 0.717) is 6.42 Å². The third kappa shape index (κ3) is 3.74. The molecule has 4 heteroatoms. The van der Waals surface area contributed by atoms with E-state index < -0.39 is 5.92 Å². The van der Waals surface area contributed by atoms with Gasteiger partial charge >= 0.3 is 0 Å². The van der Waals surface area contributed by atoms with Crippen molar-refractivity contribution in [2.24, 2.45) is 5.92 Å². The second kappa shape index (κ2) is 6.95. The predicted molar refractivity (Wildman–Crippen MR) is 76.2 cm³/mol. The molecule has 1 N–H and O–H groups in total. The molecule has 1 aliphatic carbocycles. The molecule has 0 saturated heterocycles. The van der Waals surface area contributed by atoms with Gasteiger partial charge in [0, 0.05) is 6.04 Å². The third-order valence-electron chi connectivity index (χ3n) is 3.77. The number of carbonyl (C=O) groups is 1. The second-order valence-electron chi connectivity index (χ2n) is 5.22. The molecular weight excluding hydrogens is 252 g/mol. The van der Waals surface area contributed by atoms with Crippen molar-refractivity contribution in [1.29, 1.82) is 5.26 Å². The fourth-order valence-electron chi connectivity index (χ4n) is 2.57. The average molecular weight is 272 g/mol. The number of methoxy groups -OCH3 is 1. The van der Waals surface area contributed by atoms with Crippen molar-refractivity contribution >= 4 is 5.91 Å². The van der Waals surface area contributed by atoms with E-state index in [1.165, 1.54) is 12.8 Å². The highest BCUT2D eigenvalue weighted by Gasteiger charge is 2.23. The zero-order valence-electron chi connectivity index (χ0n) is 11.8. The van der Waals surface area contributed by atoms with Gasteiger partial charge in [0.15, 0.2) is 0 Å². The van der Waals surface area contributed by atoms with E-state index in [2.05, 4.69) is 11.4 Å². The molecule has 1 unspecified atom stereocenters. The Morgan fingerprint density at radius 2 is 2.05 bits per heavy atom. The van der Waals surface area contributed by atoms with Gasteiger partial charge in [-0.25, -0.2) is 0 Å². The lowest BCUT2D eigenvalue weighted by atomic mass is 9.99. The summed E-state index contributed by atoms with van der Waals surface area (Å²) in [6, 6.07) is 9.85. The number of ether oxygens (including phenoxy) is 1. The SMILES string of the molecule is COc1ccc(CC(C#N)C(=O)NC2CCCC2)cc1. The summed E-state index contributed by atoms with van der Waals surface area (Å²) < 4.78 is 5.09. The summed E-state index contributed by atoms with van der Waals surface area (Å²) in [4.78, 5) is 12.1. The van der Waals surface area contributed by atoms with Gasteiger partial charge in [-0.2, -0.15) is 5.26 Å². The zero-order chi connectivity index (χ0) is 14.4. The molecule has 0 heterocycles. The monoisotopic (exact) mass is 272 g/mol. The van der Waals surface area contributed by atoms with Crippen LogP contribution in [-0.2, 0) is 11.2 Å². The number of rotatable bonds is 5. The quantitative estimate of drug-likeness (QED) is 0.895. The smallest absolute Gasteiger partial charge is 0.237 e. The molecule has 0 aromatic heterocycles. The van der Waals surface area contributed by atoms with Crippen molar-refractivity contribution in [3.8, 4) is 11.8 Å². The van der Waals surface area contributed by atoms with Crippen LogP contribution in [0.2, 0.25) is 0 Å². The average Bonchev–Trinajstić information content (AvgIpc) is 2.98. The standard InChI is InChI=1S/C16H20N2O2/c1-20-15-8-6-12(7-9-15)10-13(11-17)16(19)18-14-4-2-3-5-14/h6-9,13-14H,2-5,10H2,1H3,(H,18,19). The number of amides is 1. The number of hydrogen-bond donors (Lipinski definition) is 1. The molecule has 1 aromatic rings. The predicted octanol–water partition coefficient (Wildman–Crippen LogP) is 2.44. The van der Waals surface area contributed by atoms with Crippen LogP contribution in [0.25, 0.3) is 0 Å². The van der Waals surface area contributed by atoms with Crippen molar-refractivity contribution in [3.05, 3.63) is 29.8 Å². The van der Waals surface area contributed by atoms with E-state index in [1.54, 1.807) is 7.11 Å². The molecule has 1 aliphatic rings. The van der Waals surface area contributed by atoms with Crippen molar-refractivity contribution in [2.75, 3.05) is 7.11 Å². The van der Waals surface area contributed by atoms with Crippen LogP contribution in [0.4, 0.5) is 0 Å². The van der Waals surface area contributed by atoms with Crippen LogP contribution in [0, 0.1) is 17.2 Å². The number of hydrogen-bond acceptors (Lipinski definition) is 3. The first-order valence-corrected chi connectivity index (χ1v) is 7.06. The number of nitriles is 1. The summed E-state index contributed by atoms with van der Waals surface area (Å²) in [6.45, 7) is 0. The van der Waals surface area contributed by atoms with E-state index >= 15 is 0 Å². The zero-order valence-corrected chi connectivity index (χ0v) is 11.8. The lowest BCUT2D eigenvalue weighted by Gasteiger charge is -2.15. The van der Waals surface area contributed by atoms with Crippen LogP contribution in [0.3, 0.4) is 0 Å². The minimum Gasteiger partial charge on any atom is -0.497 e. The number of nitrogens with one attached hydrogen (secondary N) is 1. The third-order valence-corrected chi connectivity index (χ3v) is 3.77. The Hall–Kier alpha value is -2.02. The first-order chi connectivity index (χ1) is 9.72. The molecular formula is C16H20N2O2. The van der Waals surface area contributed by atoms with Gasteiger partial charge in [-0.05, 0) is 37.0 Å². The van der Waals surface area contributed by atoms with Crippen LogP contribution < -0.4 is 10.1 Å². The molecule has 20 heavy (non-hydrogen) atoms. The van der Waals surface area contributed by atoms with Crippen molar-refractivity contribution < 1.29 is 9.53 Å². The fraction of sp³-hybridized carbons (Fsp3) is 0.500. The first-order valence-electron chi connectivity index (χ1n) is 7.06. The van der Waals surface area contributed by atoms with E-state index in [0.717, 1.165) is 24.2 Å². The summed E-state index contributed by atoms with van der Waals surface area (Å²) in [6.07, 6.45) is 4.85. The highest BCUT2D eigenvalue weighted by atomic mass is 16.5. The normalized spacial score (nSPS) is 16.4. The van der Waals surface area contributed by atoms with Gasteiger partial charge in [0.25, 0.3) is 0 Å². The van der Waals surface area contributed by atoms with Crippen LogP contribution in [0.1, 0.15) is 31.2 Å². The van der Waals surface area contributed by atoms with Gasteiger partial charge in [-0.1, -0.05) is 25.0 Å². The maximum absolute atomic E-state index is 12.1. The highest BCUT2D eigenvalue weighted by molar-refractivity contribution is 5.81. The van der Waals surface area contributed by atoms with E-state index in [1.807, 2.05) is 24.3 Å². The summed E-state index contributed by atoms with van der Waals surface area (Å²) in [5, 5.41) is 12.2. The molecule has 2 rings (SSSR count). The molecule has 4 nitrogen and oxygen atoms in total. The van der Waals surface area contributed by atoms with Gasteiger partial charge in [-0.15, -0.1) is 0 Å². The molecule has 0 aliphatic heterocycles. The molecule has 1 saturated carbocycles. The van der Waals surface area contributed by atoms with Crippen LogP contribution >= 0.6 is 0 Å². The van der Waals surface area contributed by atoms with Gasteiger partial charge < -0.3 is 10.1 Å². The topological polar surface area (TPSA) is 62.1 Å². The molecule has 0 radical (unpaired) electrons. The molecule has 1 aromatic carbocycles. The van der Waals surface area contributed by atoms with E-state index in [-0.39, 0.29) is 11.9 Å². The maximum atomic E-state index is 12.1. The van der Waals surface area contributed by atoms with E-state index in [4.69, 9.17) is 4.74 Å². The Balaban J connectivity index is 1.93. The first kappa shape index (κ1) is 14.4. The molecule has 0 spiro atoms. The van der Waals surface area contributed by atoms with Crippen molar-refractivity contribution in [2.45, 2.75) is 38.1 Å². The van der Waals surface area contributed by atoms with E-state index in [9.17, 15) is 10.1 Å². The molecule has 106 valence electrons. The number of nitrogens with zero attached hydrogens (tertiary/aromatic N) is 1. The molecule has 0 bridgehead atoms. The van der Waals surface area contributed by atoms with Crippen LogP contribution in [-0.4, -0.2) is 19.1 Å². The Labute approximate surface area is 119 Å². The molecule has 1 atom stereocenters. The van der Waals surface area contributed by atoms with Crippen molar-refractivity contribution in [3.63, 3.8) is 0 Å². The second-order valence-corrected chi connectivity index (χ2v) is 5.22. The Bertz CT molecular complexity index is 484. The Morgan fingerprint density at radius 3 is 2.60 bits per heavy atom. The summed E-state index contributed by atoms with van der Waals surface area (Å²) in [5.41, 5.74) is 0.971. The molecule has 1 amide bonds. The van der Waals surface area contributed by atoms with Gasteiger partial charge in [-0.3, -0.25) is 4.79 Å². The van der Waals surface area contributed by atoms with Gasteiger partial charge in [0.05, 0.1) is 13.2 Å². The van der Waals surface area contributed by atoms with Crippen LogP contribution in [0.15, 0.2) is 24.3 Å². The number of carbonyl (C=O) groups excluding carboxylic acids is 1.